The van der Waals surface area contributed by atoms with E-state index in [1.54, 1.807) is 10.7 Å². The van der Waals surface area contributed by atoms with Crippen molar-refractivity contribution in [1.82, 2.24) is 14.6 Å². The van der Waals surface area contributed by atoms with Gasteiger partial charge < -0.3 is 11.1 Å². The van der Waals surface area contributed by atoms with Crippen molar-refractivity contribution < 1.29 is 0 Å². The van der Waals surface area contributed by atoms with Crippen molar-refractivity contribution in [2.24, 2.45) is 0 Å². The third-order valence-electron chi connectivity index (χ3n) is 5.00. The number of anilines is 2. The summed E-state index contributed by atoms with van der Waals surface area (Å²) in [7, 11) is 6.08. The lowest BCUT2D eigenvalue weighted by Gasteiger charge is -2.22. The van der Waals surface area contributed by atoms with Crippen LogP contribution in [-0.2, 0) is 6.54 Å². The maximum atomic E-state index is 6.08. The van der Waals surface area contributed by atoms with Gasteiger partial charge in [0.2, 0.25) is 0 Å². The van der Waals surface area contributed by atoms with E-state index >= 15 is 0 Å². The summed E-state index contributed by atoms with van der Waals surface area (Å²) in [5, 5.41) is 7.86. The summed E-state index contributed by atoms with van der Waals surface area (Å²) in [6, 6.07) is 10.0. The van der Waals surface area contributed by atoms with Gasteiger partial charge in [0.05, 0.1) is 0 Å². The Kier molecular flexibility index (Phi) is 4.34. The van der Waals surface area contributed by atoms with Crippen molar-refractivity contribution in [3.63, 3.8) is 0 Å². The van der Waals surface area contributed by atoms with Gasteiger partial charge in [-0.1, -0.05) is 31.4 Å². The zero-order valence-corrected chi connectivity index (χ0v) is 14.3. The highest BCUT2D eigenvalue weighted by atomic mass is 15.3. The summed E-state index contributed by atoms with van der Waals surface area (Å²) in [4.78, 5) is 4.80. The monoisotopic (exact) mass is 331 g/mol. The van der Waals surface area contributed by atoms with Crippen LogP contribution in [0.1, 0.15) is 49.3 Å². The van der Waals surface area contributed by atoms with E-state index in [1.807, 2.05) is 24.3 Å². The van der Waals surface area contributed by atoms with Gasteiger partial charge >= 0.3 is 0 Å². The largest absolute Gasteiger partial charge is 0.399 e. The van der Waals surface area contributed by atoms with Crippen molar-refractivity contribution in [2.75, 3.05) is 11.1 Å². The maximum Gasteiger partial charge on any atom is 0.150 e. The highest BCUT2D eigenvalue weighted by molar-refractivity contribution is 6.36. The van der Waals surface area contributed by atoms with Crippen LogP contribution < -0.4 is 16.5 Å². The molecule has 0 aliphatic heterocycles. The van der Waals surface area contributed by atoms with Crippen LogP contribution >= 0.6 is 0 Å². The van der Waals surface area contributed by atoms with Crippen LogP contribution in [0.4, 0.5) is 11.5 Å². The van der Waals surface area contributed by atoms with E-state index < -0.39 is 0 Å². The van der Waals surface area contributed by atoms with Gasteiger partial charge in [0.15, 0.2) is 0 Å². The molecule has 1 aliphatic rings. The lowest BCUT2D eigenvalue weighted by Crippen LogP contribution is -2.13. The molecule has 2 radical (unpaired) electrons. The molecule has 2 heterocycles. The minimum Gasteiger partial charge on any atom is -0.399 e. The summed E-state index contributed by atoms with van der Waals surface area (Å²) in [6.07, 6.45) is 7.96. The van der Waals surface area contributed by atoms with Crippen molar-refractivity contribution in [3.05, 3.63) is 47.8 Å². The van der Waals surface area contributed by atoms with Crippen LogP contribution in [0.3, 0.4) is 0 Å². The minimum absolute atomic E-state index is 0.519. The summed E-state index contributed by atoms with van der Waals surface area (Å²) in [5.41, 5.74) is 10.2. The molecule has 0 atom stereocenters. The Hall–Kier alpha value is -2.50. The van der Waals surface area contributed by atoms with Crippen LogP contribution in [0, 0.1) is 0 Å². The molecule has 0 bridgehead atoms. The van der Waals surface area contributed by atoms with Crippen molar-refractivity contribution in [1.29, 1.82) is 0 Å². The average molecular weight is 331 g/mol. The minimum atomic E-state index is 0.519. The third-order valence-corrected chi connectivity index (χ3v) is 5.00. The van der Waals surface area contributed by atoms with E-state index in [0.29, 0.717) is 17.9 Å². The fourth-order valence-corrected chi connectivity index (χ4v) is 3.56. The Morgan fingerprint density at radius 2 is 1.92 bits per heavy atom. The third kappa shape index (κ3) is 3.34. The molecule has 4 rings (SSSR count). The average Bonchev–Trinajstić information content (AvgIpc) is 3.03. The lowest BCUT2D eigenvalue weighted by molar-refractivity contribution is 0.437. The van der Waals surface area contributed by atoms with Crippen molar-refractivity contribution >= 4 is 30.5 Å². The first-order chi connectivity index (χ1) is 12.2. The standard InChI is InChI=1S/C19H22BN5/c20-16-12-23-25-18(22-11-13-6-8-15(21)9-7-13)10-17(24-19(16)25)14-4-2-1-3-5-14/h6-10,12,14,22H,1-5,11,21H2. The quantitative estimate of drug-likeness (QED) is 0.570. The van der Waals surface area contributed by atoms with E-state index in [1.165, 1.54) is 37.7 Å². The zero-order valence-electron chi connectivity index (χ0n) is 14.3. The molecule has 0 saturated heterocycles. The molecule has 25 heavy (non-hydrogen) atoms. The molecule has 1 saturated carbocycles. The molecule has 1 aromatic carbocycles. The zero-order chi connectivity index (χ0) is 17.2. The van der Waals surface area contributed by atoms with Gasteiger partial charge in [-0.3, -0.25) is 0 Å². The predicted octanol–water partition coefficient (Wildman–Crippen LogP) is 2.77. The van der Waals surface area contributed by atoms with Crippen molar-refractivity contribution in [3.8, 4) is 0 Å². The molecular formula is C19H22BN5. The van der Waals surface area contributed by atoms with Crippen LogP contribution in [0.15, 0.2) is 36.5 Å². The topological polar surface area (TPSA) is 68.2 Å². The molecule has 3 N–H and O–H groups in total. The molecule has 2 aromatic heterocycles. The van der Waals surface area contributed by atoms with Gasteiger partial charge in [-0.25, -0.2) is 4.98 Å². The SMILES string of the molecule is [B]c1cnn2c(NCc3ccc(N)cc3)cc(C3CCCCC3)nc12. The number of nitrogen functional groups attached to an aromatic ring is 1. The summed E-state index contributed by atoms with van der Waals surface area (Å²) in [6.45, 7) is 0.698. The van der Waals surface area contributed by atoms with E-state index in [9.17, 15) is 0 Å². The van der Waals surface area contributed by atoms with Crippen molar-refractivity contribution in [2.45, 2.75) is 44.6 Å². The first-order valence-electron chi connectivity index (χ1n) is 8.93. The Morgan fingerprint density at radius 3 is 2.68 bits per heavy atom. The molecule has 0 spiro atoms. The molecule has 126 valence electrons. The Labute approximate surface area is 149 Å². The number of hydrogen-bond donors (Lipinski definition) is 2. The van der Waals surface area contributed by atoms with Crippen LogP contribution in [0.5, 0.6) is 0 Å². The number of hydrogen-bond acceptors (Lipinski definition) is 4. The van der Waals surface area contributed by atoms with Crippen LogP contribution in [0.25, 0.3) is 5.65 Å². The molecule has 1 aliphatic carbocycles. The van der Waals surface area contributed by atoms with Gasteiger partial charge in [-0.05, 0) is 36.0 Å². The molecule has 6 heteroatoms. The van der Waals surface area contributed by atoms with E-state index in [2.05, 4.69) is 16.5 Å². The van der Waals surface area contributed by atoms with E-state index in [4.69, 9.17) is 18.6 Å². The van der Waals surface area contributed by atoms with Gasteiger partial charge in [0, 0.05) is 36.1 Å². The molecule has 5 nitrogen and oxygen atoms in total. The van der Waals surface area contributed by atoms with Crippen LogP contribution in [-0.4, -0.2) is 22.4 Å². The van der Waals surface area contributed by atoms with E-state index in [-0.39, 0.29) is 0 Å². The molecule has 0 amide bonds. The number of nitrogens with one attached hydrogen (secondary N) is 1. The molecule has 0 unspecified atom stereocenters. The highest BCUT2D eigenvalue weighted by Gasteiger charge is 2.19. The molecule has 3 aromatic rings. The number of nitrogens with two attached hydrogens (primary N) is 1. The van der Waals surface area contributed by atoms with E-state index in [0.717, 1.165) is 22.8 Å². The fraction of sp³-hybridized carbons (Fsp3) is 0.368. The fourth-order valence-electron chi connectivity index (χ4n) is 3.56. The molecule has 1 fully saturated rings. The van der Waals surface area contributed by atoms with Gasteiger partial charge in [-0.2, -0.15) is 9.61 Å². The van der Waals surface area contributed by atoms with Gasteiger partial charge in [-0.15, -0.1) is 0 Å². The Morgan fingerprint density at radius 1 is 1.16 bits per heavy atom. The lowest BCUT2D eigenvalue weighted by atomic mass is 9.86. The number of benzene rings is 1. The summed E-state index contributed by atoms with van der Waals surface area (Å²) in [5.74, 6) is 1.45. The van der Waals surface area contributed by atoms with Gasteiger partial charge in [0.1, 0.15) is 19.3 Å². The number of rotatable bonds is 4. The Bertz CT molecular complexity index is 865. The summed E-state index contributed by atoms with van der Waals surface area (Å²) >= 11 is 0. The second kappa shape index (κ2) is 6.79. The van der Waals surface area contributed by atoms with Crippen LogP contribution in [0.2, 0.25) is 0 Å². The predicted molar refractivity (Wildman–Crippen MR) is 102 cm³/mol. The summed E-state index contributed by atoms with van der Waals surface area (Å²) < 4.78 is 1.79. The Balaban J connectivity index is 1.64. The first kappa shape index (κ1) is 16.0. The molecular weight excluding hydrogens is 309 g/mol. The smallest absolute Gasteiger partial charge is 0.150 e. The van der Waals surface area contributed by atoms with Gasteiger partial charge in [0.25, 0.3) is 0 Å². The second-order valence-electron chi connectivity index (χ2n) is 6.83. The second-order valence-corrected chi connectivity index (χ2v) is 6.83. The normalized spacial score (nSPS) is 15.5. The highest BCUT2D eigenvalue weighted by Crippen LogP contribution is 2.32. The maximum absolute atomic E-state index is 6.08. The number of aromatic nitrogens is 3. The number of nitrogens with zero attached hydrogens (tertiary/aromatic N) is 3. The number of fused-ring (bicyclic) bond motifs is 1. The first-order valence-corrected chi connectivity index (χ1v) is 8.93.